The first-order valence-corrected chi connectivity index (χ1v) is 11.4. The number of nitrogens with zero attached hydrogens (tertiary/aromatic N) is 2. The summed E-state index contributed by atoms with van der Waals surface area (Å²) in [4.78, 5) is 12.6. The maximum Gasteiger partial charge on any atom is 0.241 e. The summed E-state index contributed by atoms with van der Waals surface area (Å²) in [5, 5.41) is 5.29. The Hall–Kier alpha value is -4.44. The Morgan fingerprint density at radius 2 is 1.32 bits per heavy atom. The van der Waals surface area contributed by atoms with Crippen molar-refractivity contribution < 1.29 is 4.79 Å². The molecule has 4 heteroatoms. The molecule has 0 fully saturated rings. The Morgan fingerprint density at radius 1 is 0.735 bits per heavy atom. The van der Waals surface area contributed by atoms with Gasteiger partial charge >= 0.3 is 0 Å². The first-order valence-electron chi connectivity index (χ1n) is 11.4. The van der Waals surface area contributed by atoms with Gasteiger partial charge in [0, 0.05) is 29.4 Å². The van der Waals surface area contributed by atoms with Gasteiger partial charge in [-0.15, -0.1) is 0 Å². The Bertz CT molecular complexity index is 1420. The van der Waals surface area contributed by atoms with Crippen molar-refractivity contribution in [3.8, 4) is 22.4 Å². The lowest BCUT2D eigenvalue weighted by atomic mass is 9.98. The number of para-hydroxylation sites is 1. The standard InChI is InChI=1S/C30H25N3O/c34-28(32-31-22-23-12-4-1-5-13-23)20-21-33-27-19-11-10-18-26(27)29(24-14-6-2-7-15-24)30(33)25-16-8-3-9-17-25/h1-19,22H,20-21H2,(H,32,34)/b31-22+. The molecule has 34 heavy (non-hydrogen) atoms. The largest absolute Gasteiger partial charge is 0.339 e. The van der Waals surface area contributed by atoms with Crippen LogP contribution in [0.5, 0.6) is 0 Å². The minimum atomic E-state index is -0.120. The van der Waals surface area contributed by atoms with E-state index in [0.717, 1.165) is 27.9 Å². The van der Waals surface area contributed by atoms with E-state index in [0.29, 0.717) is 13.0 Å². The molecular weight excluding hydrogens is 418 g/mol. The van der Waals surface area contributed by atoms with Gasteiger partial charge in [-0.2, -0.15) is 5.10 Å². The van der Waals surface area contributed by atoms with Crippen LogP contribution in [-0.2, 0) is 11.3 Å². The maximum absolute atomic E-state index is 12.6. The van der Waals surface area contributed by atoms with Gasteiger partial charge in [-0.1, -0.05) is 109 Å². The van der Waals surface area contributed by atoms with Gasteiger partial charge in [0.2, 0.25) is 5.91 Å². The van der Waals surface area contributed by atoms with Crippen LogP contribution >= 0.6 is 0 Å². The van der Waals surface area contributed by atoms with Gasteiger partial charge < -0.3 is 4.57 Å². The second-order valence-electron chi connectivity index (χ2n) is 8.08. The first kappa shape index (κ1) is 21.4. The van der Waals surface area contributed by atoms with E-state index in [1.807, 2.05) is 48.5 Å². The predicted molar refractivity (Wildman–Crippen MR) is 140 cm³/mol. The molecule has 1 N–H and O–H groups in total. The van der Waals surface area contributed by atoms with Gasteiger partial charge in [-0.25, -0.2) is 5.43 Å². The molecule has 0 radical (unpaired) electrons. The van der Waals surface area contributed by atoms with E-state index in [-0.39, 0.29) is 5.91 Å². The fourth-order valence-corrected chi connectivity index (χ4v) is 4.32. The SMILES string of the molecule is O=C(CCn1c(-c2ccccc2)c(-c2ccccc2)c2ccccc21)N/N=C/c1ccccc1. The quantitative estimate of drug-likeness (QED) is 0.226. The number of amides is 1. The highest BCUT2D eigenvalue weighted by Crippen LogP contribution is 2.40. The average Bonchev–Trinajstić information content (AvgIpc) is 3.23. The normalized spacial score (nSPS) is 11.2. The number of aromatic nitrogens is 1. The van der Waals surface area contributed by atoms with Crippen molar-refractivity contribution in [3.05, 3.63) is 121 Å². The van der Waals surface area contributed by atoms with Gasteiger partial charge in [-0.05, 0) is 22.8 Å². The minimum Gasteiger partial charge on any atom is -0.339 e. The van der Waals surface area contributed by atoms with Crippen LogP contribution in [0.1, 0.15) is 12.0 Å². The lowest BCUT2D eigenvalue weighted by Crippen LogP contribution is -2.19. The van der Waals surface area contributed by atoms with Gasteiger partial charge in [-0.3, -0.25) is 4.79 Å². The molecule has 0 atom stereocenters. The van der Waals surface area contributed by atoms with E-state index >= 15 is 0 Å². The van der Waals surface area contributed by atoms with Crippen molar-refractivity contribution in [2.75, 3.05) is 0 Å². The van der Waals surface area contributed by atoms with Crippen LogP contribution in [0.4, 0.5) is 0 Å². The van der Waals surface area contributed by atoms with Crippen molar-refractivity contribution in [1.82, 2.24) is 9.99 Å². The smallest absolute Gasteiger partial charge is 0.241 e. The van der Waals surface area contributed by atoms with Gasteiger partial charge in [0.25, 0.3) is 0 Å². The molecule has 0 saturated heterocycles. The Kier molecular flexibility index (Phi) is 6.30. The zero-order valence-corrected chi connectivity index (χ0v) is 18.8. The highest BCUT2D eigenvalue weighted by atomic mass is 16.2. The van der Waals surface area contributed by atoms with Crippen molar-refractivity contribution in [3.63, 3.8) is 0 Å². The summed E-state index contributed by atoms with van der Waals surface area (Å²) in [6.07, 6.45) is 1.98. The molecule has 0 bridgehead atoms. The number of carbonyl (C=O) groups excluding carboxylic acids is 1. The third kappa shape index (κ3) is 4.52. The van der Waals surface area contributed by atoms with Crippen LogP contribution in [0.15, 0.2) is 120 Å². The summed E-state index contributed by atoms with van der Waals surface area (Å²) >= 11 is 0. The summed E-state index contributed by atoms with van der Waals surface area (Å²) in [6.45, 7) is 0.546. The van der Waals surface area contributed by atoms with E-state index < -0.39 is 0 Å². The number of hydrogen-bond acceptors (Lipinski definition) is 2. The fraction of sp³-hybridized carbons (Fsp3) is 0.0667. The van der Waals surface area contributed by atoms with Gasteiger partial charge in [0.1, 0.15) is 0 Å². The lowest BCUT2D eigenvalue weighted by molar-refractivity contribution is -0.121. The monoisotopic (exact) mass is 443 g/mol. The fourth-order valence-electron chi connectivity index (χ4n) is 4.32. The molecule has 1 aromatic heterocycles. The van der Waals surface area contributed by atoms with Crippen LogP contribution in [0.25, 0.3) is 33.3 Å². The number of nitrogens with one attached hydrogen (secondary N) is 1. The third-order valence-electron chi connectivity index (χ3n) is 5.85. The number of benzene rings is 4. The molecule has 1 amide bonds. The average molecular weight is 444 g/mol. The molecule has 0 aliphatic carbocycles. The molecule has 1 heterocycles. The van der Waals surface area contributed by atoms with E-state index in [2.05, 4.69) is 81.8 Å². The van der Waals surface area contributed by atoms with Crippen molar-refractivity contribution in [2.24, 2.45) is 5.10 Å². The molecule has 0 saturated carbocycles. The van der Waals surface area contributed by atoms with Crippen LogP contribution in [-0.4, -0.2) is 16.7 Å². The second kappa shape index (κ2) is 10.0. The first-order chi connectivity index (χ1) is 16.8. The molecule has 0 unspecified atom stereocenters. The molecular formula is C30H25N3O. The number of carbonyl (C=O) groups is 1. The zero-order valence-electron chi connectivity index (χ0n) is 18.8. The van der Waals surface area contributed by atoms with Crippen LogP contribution in [0.2, 0.25) is 0 Å². The summed E-state index contributed by atoms with van der Waals surface area (Å²) in [5.41, 5.74) is 9.31. The number of aryl methyl sites for hydroxylation is 1. The predicted octanol–water partition coefficient (Wildman–Crippen LogP) is 6.52. The van der Waals surface area contributed by atoms with E-state index in [1.165, 1.54) is 10.9 Å². The van der Waals surface area contributed by atoms with Crippen LogP contribution in [0, 0.1) is 0 Å². The molecule has 0 spiro atoms. The Morgan fingerprint density at radius 3 is 2.03 bits per heavy atom. The van der Waals surface area contributed by atoms with E-state index in [1.54, 1.807) is 6.21 Å². The highest BCUT2D eigenvalue weighted by molar-refractivity contribution is 6.04. The molecule has 5 rings (SSSR count). The van der Waals surface area contributed by atoms with Gasteiger partial charge in [0.05, 0.1) is 11.9 Å². The summed E-state index contributed by atoms with van der Waals surface area (Å²) in [7, 11) is 0. The molecule has 4 nitrogen and oxygen atoms in total. The molecule has 166 valence electrons. The van der Waals surface area contributed by atoms with Crippen LogP contribution in [0.3, 0.4) is 0 Å². The molecule has 0 aliphatic heterocycles. The molecule has 5 aromatic rings. The van der Waals surface area contributed by atoms with Crippen molar-refractivity contribution in [2.45, 2.75) is 13.0 Å². The summed E-state index contributed by atoms with van der Waals surface area (Å²) in [6, 6.07) is 38.9. The highest BCUT2D eigenvalue weighted by Gasteiger charge is 2.20. The second-order valence-corrected chi connectivity index (χ2v) is 8.08. The number of rotatable bonds is 7. The molecule has 4 aromatic carbocycles. The number of hydrazone groups is 1. The number of hydrogen-bond donors (Lipinski definition) is 1. The Balaban J connectivity index is 1.49. The maximum atomic E-state index is 12.6. The van der Waals surface area contributed by atoms with Crippen LogP contribution < -0.4 is 5.43 Å². The molecule has 0 aliphatic rings. The number of fused-ring (bicyclic) bond motifs is 1. The minimum absolute atomic E-state index is 0.120. The van der Waals surface area contributed by atoms with Crippen molar-refractivity contribution in [1.29, 1.82) is 0 Å². The van der Waals surface area contributed by atoms with E-state index in [4.69, 9.17) is 0 Å². The van der Waals surface area contributed by atoms with Gasteiger partial charge in [0.15, 0.2) is 0 Å². The van der Waals surface area contributed by atoms with Crippen molar-refractivity contribution >= 4 is 23.0 Å². The lowest BCUT2D eigenvalue weighted by Gasteiger charge is -2.13. The Labute approximate surface area is 199 Å². The topological polar surface area (TPSA) is 46.4 Å². The summed E-state index contributed by atoms with van der Waals surface area (Å²) in [5.74, 6) is -0.120. The van der Waals surface area contributed by atoms with E-state index in [9.17, 15) is 4.79 Å². The summed E-state index contributed by atoms with van der Waals surface area (Å²) < 4.78 is 2.26. The third-order valence-corrected chi connectivity index (χ3v) is 5.85. The zero-order chi connectivity index (χ0) is 23.2.